The molecule has 2 heterocycles. The monoisotopic (exact) mass is 419 g/mol. The molecule has 1 aliphatic rings. The second-order valence-electron chi connectivity index (χ2n) is 7.11. The van der Waals surface area contributed by atoms with E-state index in [4.69, 9.17) is 9.47 Å². The van der Waals surface area contributed by atoms with Crippen LogP contribution in [0.1, 0.15) is 0 Å². The highest BCUT2D eigenvalue weighted by Gasteiger charge is 2.23. The van der Waals surface area contributed by atoms with Crippen LogP contribution in [0.4, 0.5) is 16.3 Å². The van der Waals surface area contributed by atoms with Gasteiger partial charge in [-0.15, -0.1) is 10.2 Å². The number of urea groups is 1. The summed E-state index contributed by atoms with van der Waals surface area (Å²) in [5.74, 6) is 2.23. The summed E-state index contributed by atoms with van der Waals surface area (Å²) >= 11 is 0. The van der Waals surface area contributed by atoms with Crippen LogP contribution in [0, 0.1) is 0 Å². The van der Waals surface area contributed by atoms with Crippen molar-refractivity contribution in [3.8, 4) is 22.8 Å². The molecule has 0 aliphatic carbocycles. The van der Waals surface area contributed by atoms with Gasteiger partial charge in [0.2, 0.25) is 0 Å². The number of carbonyl (C=O) groups excluding carboxylic acids is 1. The number of nitrogens with zero attached hydrogens (tertiary/aromatic N) is 4. The molecule has 0 atom stereocenters. The lowest BCUT2D eigenvalue weighted by Crippen LogP contribution is -2.50. The number of aromatic nitrogens is 2. The summed E-state index contributed by atoms with van der Waals surface area (Å²) in [5, 5.41) is 11.7. The Morgan fingerprint density at radius 1 is 0.903 bits per heavy atom. The van der Waals surface area contributed by atoms with Crippen molar-refractivity contribution in [1.82, 2.24) is 15.1 Å². The molecule has 1 aromatic heterocycles. The topological polar surface area (TPSA) is 79.8 Å². The summed E-state index contributed by atoms with van der Waals surface area (Å²) in [5.41, 5.74) is 2.41. The van der Waals surface area contributed by atoms with Gasteiger partial charge in [-0.05, 0) is 36.4 Å². The molecule has 1 N–H and O–H groups in total. The molecule has 2 amide bonds. The molecule has 1 aliphatic heterocycles. The lowest BCUT2D eigenvalue weighted by atomic mass is 10.1. The van der Waals surface area contributed by atoms with Crippen molar-refractivity contribution in [2.45, 2.75) is 0 Å². The maximum atomic E-state index is 12.6. The predicted molar refractivity (Wildman–Crippen MR) is 120 cm³/mol. The van der Waals surface area contributed by atoms with Crippen molar-refractivity contribution < 1.29 is 14.3 Å². The fraction of sp³-hybridized carbons (Fsp3) is 0.261. The van der Waals surface area contributed by atoms with E-state index in [-0.39, 0.29) is 6.03 Å². The number of para-hydroxylation sites is 2. The van der Waals surface area contributed by atoms with Crippen LogP contribution in [0.25, 0.3) is 11.3 Å². The fourth-order valence-electron chi connectivity index (χ4n) is 3.51. The minimum absolute atomic E-state index is 0.136. The summed E-state index contributed by atoms with van der Waals surface area (Å²) in [6.07, 6.45) is 0. The number of methoxy groups -OCH3 is 2. The fourth-order valence-corrected chi connectivity index (χ4v) is 3.51. The summed E-state index contributed by atoms with van der Waals surface area (Å²) < 4.78 is 10.6. The van der Waals surface area contributed by atoms with Crippen LogP contribution in [0.5, 0.6) is 11.5 Å². The van der Waals surface area contributed by atoms with Crippen LogP contribution >= 0.6 is 0 Å². The Hall–Kier alpha value is -3.81. The number of piperazine rings is 1. The van der Waals surface area contributed by atoms with E-state index >= 15 is 0 Å². The third-order valence-corrected chi connectivity index (χ3v) is 5.26. The smallest absolute Gasteiger partial charge is 0.322 e. The molecule has 4 rings (SSSR count). The predicted octanol–water partition coefficient (Wildman–Crippen LogP) is 3.51. The van der Waals surface area contributed by atoms with Gasteiger partial charge in [0.1, 0.15) is 11.5 Å². The molecular weight excluding hydrogens is 394 g/mol. The Morgan fingerprint density at radius 2 is 1.71 bits per heavy atom. The molecule has 0 saturated carbocycles. The van der Waals surface area contributed by atoms with Crippen molar-refractivity contribution >= 4 is 17.5 Å². The Bertz CT molecular complexity index is 1030. The second-order valence-corrected chi connectivity index (χ2v) is 7.11. The van der Waals surface area contributed by atoms with Crippen LogP contribution in [-0.2, 0) is 0 Å². The van der Waals surface area contributed by atoms with Crippen LogP contribution < -0.4 is 19.7 Å². The number of anilines is 2. The van der Waals surface area contributed by atoms with Crippen molar-refractivity contribution in [2.75, 3.05) is 50.6 Å². The summed E-state index contributed by atoms with van der Waals surface area (Å²) in [6.45, 7) is 2.57. The minimum atomic E-state index is -0.136. The molecule has 160 valence electrons. The highest BCUT2D eigenvalue weighted by Crippen LogP contribution is 2.25. The Balaban J connectivity index is 1.35. The zero-order chi connectivity index (χ0) is 21.6. The number of nitrogens with one attached hydrogen (secondary N) is 1. The Kier molecular flexibility index (Phi) is 6.16. The van der Waals surface area contributed by atoms with Gasteiger partial charge in [-0.25, -0.2) is 4.79 Å². The largest absolute Gasteiger partial charge is 0.497 e. The van der Waals surface area contributed by atoms with Crippen LogP contribution in [-0.4, -0.2) is 61.5 Å². The van der Waals surface area contributed by atoms with E-state index in [1.54, 1.807) is 19.1 Å². The SMILES string of the molecule is COc1cccc(-c2ccc(N3CCN(C(=O)Nc4ccccc4OC)CC3)nn2)c1. The first-order valence-electron chi connectivity index (χ1n) is 10.1. The number of benzene rings is 2. The van der Waals surface area contributed by atoms with E-state index in [9.17, 15) is 4.79 Å². The van der Waals surface area contributed by atoms with Crippen molar-refractivity contribution in [2.24, 2.45) is 0 Å². The molecule has 0 unspecified atom stereocenters. The molecule has 1 fully saturated rings. The Labute approximate surface area is 181 Å². The van der Waals surface area contributed by atoms with Gasteiger partial charge in [-0.3, -0.25) is 0 Å². The molecule has 0 bridgehead atoms. The van der Waals surface area contributed by atoms with Crippen molar-refractivity contribution in [3.63, 3.8) is 0 Å². The third-order valence-electron chi connectivity index (χ3n) is 5.26. The number of hydrogen-bond donors (Lipinski definition) is 1. The van der Waals surface area contributed by atoms with Gasteiger partial charge in [0, 0.05) is 31.7 Å². The summed E-state index contributed by atoms with van der Waals surface area (Å²) in [6, 6.07) is 18.9. The molecule has 3 aromatic rings. The first kappa shape index (κ1) is 20.5. The lowest BCUT2D eigenvalue weighted by molar-refractivity contribution is 0.208. The summed E-state index contributed by atoms with van der Waals surface area (Å²) in [7, 11) is 3.23. The number of rotatable bonds is 5. The number of amides is 2. The maximum absolute atomic E-state index is 12.6. The van der Waals surface area contributed by atoms with E-state index in [1.165, 1.54) is 0 Å². The van der Waals surface area contributed by atoms with Crippen LogP contribution in [0.3, 0.4) is 0 Å². The third kappa shape index (κ3) is 4.69. The van der Waals surface area contributed by atoms with Gasteiger partial charge in [0.15, 0.2) is 5.82 Å². The maximum Gasteiger partial charge on any atom is 0.322 e. The van der Waals surface area contributed by atoms with Gasteiger partial charge in [-0.2, -0.15) is 0 Å². The van der Waals surface area contributed by atoms with E-state index in [0.29, 0.717) is 37.6 Å². The van der Waals surface area contributed by atoms with Gasteiger partial charge < -0.3 is 24.6 Å². The first-order chi connectivity index (χ1) is 15.2. The van der Waals surface area contributed by atoms with Gasteiger partial charge in [0.25, 0.3) is 0 Å². The van der Waals surface area contributed by atoms with Crippen molar-refractivity contribution in [3.05, 3.63) is 60.7 Å². The second kappa shape index (κ2) is 9.34. The molecule has 8 nitrogen and oxygen atoms in total. The number of ether oxygens (including phenoxy) is 2. The molecular formula is C23H25N5O3. The standard InChI is InChI=1S/C23H25N5O3/c1-30-18-7-5-6-17(16-18)19-10-11-22(26-25-19)27-12-14-28(15-13-27)23(29)24-20-8-3-4-9-21(20)31-2/h3-11,16H,12-15H2,1-2H3,(H,24,29). The van der Waals surface area contributed by atoms with E-state index in [1.807, 2.05) is 60.7 Å². The van der Waals surface area contributed by atoms with E-state index < -0.39 is 0 Å². The molecule has 0 spiro atoms. The number of hydrogen-bond acceptors (Lipinski definition) is 6. The zero-order valence-electron chi connectivity index (χ0n) is 17.6. The highest BCUT2D eigenvalue weighted by molar-refractivity contribution is 5.91. The molecule has 31 heavy (non-hydrogen) atoms. The quantitative estimate of drug-likeness (QED) is 0.682. The zero-order valence-corrected chi connectivity index (χ0v) is 17.6. The molecule has 8 heteroatoms. The highest BCUT2D eigenvalue weighted by atomic mass is 16.5. The first-order valence-corrected chi connectivity index (χ1v) is 10.1. The van der Waals surface area contributed by atoms with Crippen LogP contribution in [0.15, 0.2) is 60.7 Å². The molecule has 2 aromatic carbocycles. The average Bonchev–Trinajstić information content (AvgIpc) is 2.84. The molecule has 1 saturated heterocycles. The summed E-state index contributed by atoms with van der Waals surface area (Å²) in [4.78, 5) is 16.6. The van der Waals surface area contributed by atoms with Gasteiger partial charge in [-0.1, -0.05) is 24.3 Å². The minimum Gasteiger partial charge on any atom is -0.497 e. The normalized spacial score (nSPS) is 13.6. The van der Waals surface area contributed by atoms with E-state index in [2.05, 4.69) is 20.4 Å². The Morgan fingerprint density at radius 3 is 2.42 bits per heavy atom. The van der Waals surface area contributed by atoms with Gasteiger partial charge >= 0.3 is 6.03 Å². The molecule has 0 radical (unpaired) electrons. The number of carbonyl (C=O) groups is 1. The van der Waals surface area contributed by atoms with Crippen LogP contribution in [0.2, 0.25) is 0 Å². The lowest BCUT2D eigenvalue weighted by Gasteiger charge is -2.35. The van der Waals surface area contributed by atoms with E-state index in [0.717, 1.165) is 22.8 Å². The average molecular weight is 419 g/mol. The van der Waals surface area contributed by atoms with Gasteiger partial charge in [0.05, 0.1) is 25.6 Å². The van der Waals surface area contributed by atoms with Crippen molar-refractivity contribution in [1.29, 1.82) is 0 Å².